The summed E-state index contributed by atoms with van der Waals surface area (Å²) in [6.07, 6.45) is 0. The van der Waals surface area contributed by atoms with E-state index in [1.54, 1.807) is 28.4 Å². The zero-order chi connectivity index (χ0) is 19.4. The molecular weight excluding hydrogens is 410 g/mol. The Balaban J connectivity index is 2.07. The van der Waals surface area contributed by atoms with Gasteiger partial charge < -0.3 is 18.9 Å². The first-order valence-electron chi connectivity index (χ1n) is 8.22. The van der Waals surface area contributed by atoms with Gasteiger partial charge in [0.05, 0.1) is 44.3 Å². The van der Waals surface area contributed by atoms with E-state index >= 15 is 0 Å². The maximum Gasteiger partial charge on any atom is 0.203 e. The number of nitrogens with zero attached hydrogens (tertiary/aromatic N) is 1. The Bertz CT molecular complexity index is 934. The van der Waals surface area contributed by atoms with Crippen LogP contribution in [0.25, 0.3) is 22.5 Å². The summed E-state index contributed by atoms with van der Waals surface area (Å²) in [4.78, 5) is 4.80. The molecule has 0 aliphatic heterocycles. The van der Waals surface area contributed by atoms with E-state index in [4.69, 9.17) is 23.9 Å². The van der Waals surface area contributed by atoms with Crippen LogP contribution >= 0.6 is 15.9 Å². The van der Waals surface area contributed by atoms with Crippen molar-refractivity contribution in [1.29, 1.82) is 0 Å². The maximum atomic E-state index is 5.44. The summed E-state index contributed by atoms with van der Waals surface area (Å²) in [5, 5.41) is 0. The summed E-state index contributed by atoms with van der Waals surface area (Å²) < 4.78 is 22.5. The minimum atomic E-state index is 0.555. The van der Waals surface area contributed by atoms with E-state index in [1.807, 2.05) is 48.5 Å². The van der Waals surface area contributed by atoms with Gasteiger partial charge in [-0.05, 0) is 58.4 Å². The molecule has 1 aromatic heterocycles. The molecule has 0 unspecified atom stereocenters. The van der Waals surface area contributed by atoms with Crippen molar-refractivity contribution in [3.63, 3.8) is 0 Å². The molecule has 0 aliphatic rings. The number of ether oxygens (including phenoxy) is 4. The maximum absolute atomic E-state index is 5.44. The molecule has 5 nitrogen and oxygen atoms in total. The molecule has 0 radical (unpaired) electrons. The van der Waals surface area contributed by atoms with Crippen LogP contribution in [0.5, 0.6) is 23.0 Å². The highest BCUT2D eigenvalue weighted by Crippen LogP contribution is 2.41. The lowest BCUT2D eigenvalue weighted by molar-refractivity contribution is 0.324. The largest absolute Gasteiger partial charge is 0.496 e. The fourth-order valence-corrected chi connectivity index (χ4v) is 3.35. The van der Waals surface area contributed by atoms with E-state index in [2.05, 4.69) is 15.9 Å². The van der Waals surface area contributed by atoms with Crippen LogP contribution in [0.3, 0.4) is 0 Å². The first kappa shape index (κ1) is 19.0. The van der Waals surface area contributed by atoms with Crippen LogP contribution in [0.2, 0.25) is 0 Å². The molecule has 27 heavy (non-hydrogen) atoms. The first-order chi connectivity index (χ1) is 13.1. The molecule has 0 amide bonds. The Morgan fingerprint density at radius 3 is 1.78 bits per heavy atom. The van der Waals surface area contributed by atoms with E-state index in [0.717, 1.165) is 32.7 Å². The topological polar surface area (TPSA) is 49.8 Å². The molecule has 1 heterocycles. The van der Waals surface area contributed by atoms with Crippen molar-refractivity contribution in [1.82, 2.24) is 4.98 Å². The fourth-order valence-electron chi connectivity index (χ4n) is 2.81. The molecule has 6 heteroatoms. The van der Waals surface area contributed by atoms with Gasteiger partial charge in [0.2, 0.25) is 5.75 Å². The number of rotatable bonds is 6. The number of hydrogen-bond acceptors (Lipinski definition) is 5. The van der Waals surface area contributed by atoms with Crippen molar-refractivity contribution in [2.45, 2.75) is 0 Å². The second-order valence-corrected chi connectivity index (χ2v) is 6.53. The summed E-state index contributed by atoms with van der Waals surface area (Å²) in [5.74, 6) is 2.51. The van der Waals surface area contributed by atoms with E-state index in [0.29, 0.717) is 17.2 Å². The Hall–Kier alpha value is -2.73. The molecule has 0 atom stereocenters. The molecule has 3 rings (SSSR count). The van der Waals surface area contributed by atoms with Gasteiger partial charge in [-0.3, -0.25) is 0 Å². The van der Waals surface area contributed by atoms with Crippen molar-refractivity contribution < 1.29 is 18.9 Å². The molecule has 140 valence electrons. The molecule has 0 saturated heterocycles. The average Bonchev–Trinajstić information content (AvgIpc) is 2.72. The van der Waals surface area contributed by atoms with Gasteiger partial charge in [-0.25, -0.2) is 4.98 Å². The average molecular weight is 430 g/mol. The molecule has 0 bridgehead atoms. The van der Waals surface area contributed by atoms with Crippen LogP contribution in [0, 0.1) is 0 Å². The number of benzene rings is 2. The minimum Gasteiger partial charge on any atom is -0.496 e. The zero-order valence-corrected chi connectivity index (χ0v) is 17.2. The summed E-state index contributed by atoms with van der Waals surface area (Å²) in [7, 11) is 6.42. The normalized spacial score (nSPS) is 10.4. The second kappa shape index (κ2) is 8.31. The van der Waals surface area contributed by atoms with Crippen LogP contribution in [0.15, 0.2) is 53.0 Å². The van der Waals surface area contributed by atoms with Crippen LogP contribution in [0.1, 0.15) is 0 Å². The van der Waals surface area contributed by atoms with Crippen LogP contribution in [0.4, 0.5) is 0 Å². The van der Waals surface area contributed by atoms with Gasteiger partial charge in [-0.1, -0.05) is 6.07 Å². The number of hydrogen-bond donors (Lipinski definition) is 0. The third-order valence-electron chi connectivity index (χ3n) is 4.16. The lowest BCUT2D eigenvalue weighted by Crippen LogP contribution is -1.96. The van der Waals surface area contributed by atoms with Crippen molar-refractivity contribution in [2.75, 3.05) is 28.4 Å². The summed E-state index contributed by atoms with van der Waals surface area (Å²) in [6, 6.07) is 15.5. The number of pyridine rings is 1. The highest BCUT2D eigenvalue weighted by molar-refractivity contribution is 9.10. The van der Waals surface area contributed by atoms with Crippen LogP contribution in [-0.4, -0.2) is 33.4 Å². The lowest BCUT2D eigenvalue weighted by atomic mass is 10.1. The third kappa shape index (κ3) is 3.85. The molecular formula is C21H20BrNO4. The van der Waals surface area contributed by atoms with E-state index < -0.39 is 0 Å². The summed E-state index contributed by atoms with van der Waals surface area (Å²) in [5.41, 5.74) is 3.51. The second-order valence-electron chi connectivity index (χ2n) is 5.67. The Labute approximate surface area is 167 Å². The Morgan fingerprint density at radius 1 is 0.667 bits per heavy atom. The van der Waals surface area contributed by atoms with Crippen molar-refractivity contribution in [3.05, 3.63) is 53.0 Å². The molecule has 2 aromatic carbocycles. The van der Waals surface area contributed by atoms with Gasteiger partial charge in [0.25, 0.3) is 0 Å². The molecule has 3 aromatic rings. The number of aromatic nitrogens is 1. The quantitative estimate of drug-likeness (QED) is 0.537. The number of halogens is 1. The van der Waals surface area contributed by atoms with Crippen LogP contribution < -0.4 is 18.9 Å². The SMILES string of the molecule is COc1ccc(-c2cccc(-c3cc(OC)c(OC)c(OC)c3)n2)cc1Br. The highest BCUT2D eigenvalue weighted by Gasteiger charge is 2.15. The summed E-state index contributed by atoms with van der Waals surface area (Å²) >= 11 is 3.52. The smallest absolute Gasteiger partial charge is 0.203 e. The first-order valence-corrected chi connectivity index (χ1v) is 9.02. The lowest BCUT2D eigenvalue weighted by Gasteiger charge is -2.14. The van der Waals surface area contributed by atoms with Gasteiger partial charge in [0.1, 0.15) is 5.75 Å². The fraction of sp³-hybridized carbons (Fsp3) is 0.190. The predicted molar refractivity (Wildman–Crippen MR) is 109 cm³/mol. The standard InChI is InChI=1S/C21H20BrNO4/c1-24-18-9-8-13(10-15(18)22)16-6-5-7-17(23-16)14-11-19(25-2)21(27-4)20(12-14)26-3/h5-12H,1-4H3. The minimum absolute atomic E-state index is 0.555. The molecule has 0 N–H and O–H groups in total. The van der Waals surface area contributed by atoms with Gasteiger partial charge in [-0.2, -0.15) is 0 Å². The number of methoxy groups -OCH3 is 4. The van der Waals surface area contributed by atoms with E-state index in [9.17, 15) is 0 Å². The van der Waals surface area contributed by atoms with Crippen molar-refractivity contribution in [3.8, 4) is 45.5 Å². The van der Waals surface area contributed by atoms with Gasteiger partial charge in [0, 0.05) is 11.1 Å². The van der Waals surface area contributed by atoms with Crippen molar-refractivity contribution in [2.24, 2.45) is 0 Å². The van der Waals surface area contributed by atoms with E-state index in [-0.39, 0.29) is 0 Å². The molecule has 0 aliphatic carbocycles. The van der Waals surface area contributed by atoms with Gasteiger partial charge in [-0.15, -0.1) is 0 Å². The molecule has 0 saturated carbocycles. The zero-order valence-electron chi connectivity index (χ0n) is 15.6. The Kier molecular flexibility index (Phi) is 5.86. The highest BCUT2D eigenvalue weighted by atomic mass is 79.9. The summed E-state index contributed by atoms with van der Waals surface area (Å²) in [6.45, 7) is 0. The third-order valence-corrected chi connectivity index (χ3v) is 4.78. The molecule has 0 spiro atoms. The Morgan fingerprint density at radius 2 is 1.26 bits per heavy atom. The van der Waals surface area contributed by atoms with Crippen LogP contribution in [-0.2, 0) is 0 Å². The van der Waals surface area contributed by atoms with Crippen molar-refractivity contribution >= 4 is 15.9 Å². The van der Waals surface area contributed by atoms with E-state index in [1.165, 1.54) is 0 Å². The van der Waals surface area contributed by atoms with Gasteiger partial charge in [0.15, 0.2) is 11.5 Å². The monoisotopic (exact) mass is 429 g/mol. The predicted octanol–water partition coefficient (Wildman–Crippen LogP) is 5.21. The molecule has 0 fully saturated rings. The van der Waals surface area contributed by atoms with Gasteiger partial charge >= 0.3 is 0 Å².